The first-order chi connectivity index (χ1) is 10.2. The van der Waals surface area contributed by atoms with Crippen LogP contribution in [-0.2, 0) is 4.74 Å². The smallest absolute Gasteiger partial charge is 0.123 e. The summed E-state index contributed by atoms with van der Waals surface area (Å²) in [7, 11) is 0. The number of hydrogen-bond acceptors (Lipinski definition) is 2. The summed E-state index contributed by atoms with van der Waals surface area (Å²) in [5, 5.41) is 0. The highest BCUT2D eigenvalue weighted by Crippen LogP contribution is 2.32. The first-order valence-electron chi connectivity index (χ1n) is 7.34. The molecule has 0 radical (unpaired) electrons. The maximum Gasteiger partial charge on any atom is 0.123 e. The lowest BCUT2D eigenvalue weighted by molar-refractivity contribution is -0.0511. The molecule has 1 fully saturated rings. The third kappa shape index (κ3) is 2.85. The van der Waals surface area contributed by atoms with Crippen LogP contribution in [0.15, 0.2) is 61.2 Å². The summed E-state index contributed by atoms with van der Waals surface area (Å²) >= 11 is 0. The van der Waals surface area contributed by atoms with E-state index in [0.717, 1.165) is 25.1 Å². The van der Waals surface area contributed by atoms with Gasteiger partial charge in [0.1, 0.15) is 5.82 Å². The van der Waals surface area contributed by atoms with Gasteiger partial charge in [-0.25, -0.2) is 4.39 Å². The van der Waals surface area contributed by atoms with Crippen LogP contribution in [0.4, 0.5) is 4.39 Å². The minimum absolute atomic E-state index is 0.0181. The van der Waals surface area contributed by atoms with E-state index >= 15 is 0 Å². The number of ether oxygens (including phenoxy) is 1. The summed E-state index contributed by atoms with van der Waals surface area (Å²) in [5.41, 5.74) is 0.896. The quantitative estimate of drug-likeness (QED) is 0.786. The number of benzene rings is 1. The van der Waals surface area contributed by atoms with E-state index in [9.17, 15) is 4.39 Å². The van der Waals surface area contributed by atoms with E-state index in [1.807, 2.05) is 6.08 Å². The Morgan fingerprint density at radius 2 is 2.10 bits per heavy atom. The molecule has 1 aliphatic heterocycles. The summed E-state index contributed by atoms with van der Waals surface area (Å²) < 4.78 is 18.9. The topological polar surface area (TPSA) is 12.5 Å². The lowest BCUT2D eigenvalue weighted by Gasteiger charge is -2.44. The molecule has 1 heterocycles. The zero-order chi connectivity index (χ0) is 14.7. The Labute approximate surface area is 125 Å². The molecule has 110 valence electrons. The predicted octanol–water partition coefficient (Wildman–Crippen LogP) is 3.64. The van der Waals surface area contributed by atoms with Crippen LogP contribution in [-0.4, -0.2) is 30.1 Å². The first kappa shape index (κ1) is 14.2. The lowest BCUT2D eigenvalue weighted by Crippen LogP contribution is -2.52. The molecule has 0 bridgehead atoms. The van der Waals surface area contributed by atoms with E-state index in [4.69, 9.17) is 4.74 Å². The maximum atomic E-state index is 13.1. The largest absolute Gasteiger partial charge is 0.371 e. The van der Waals surface area contributed by atoms with Gasteiger partial charge in [0.15, 0.2) is 0 Å². The SMILES string of the molecule is C=C[C@@]1(N2CCO[C@H](c3ccc(F)cc3)C2)C=CC=CC1. The monoisotopic (exact) mass is 285 g/mol. The van der Waals surface area contributed by atoms with Crippen LogP contribution in [0.1, 0.15) is 18.1 Å². The van der Waals surface area contributed by atoms with Crippen LogP contribution < -0.4 is 0 Å². The molecule has 0 unspecified atom stereocenters. The predicted molar refractivity (Wildman–Crippen MR) is 82.5 cm³/mol. The fourth-order valence-electron chi connectivity index (χ4n) is 3.05. The summed E-state index contributed by atoms with van der Waals surface area (Å²) in [5.74, 6) is -0.214. The van der Waals surface area contributed by atoms with Crippen LogP contribution in [0.2, 0.25) is 0 Å². The molecule has 0 saturated carbocycles. The zero-order valence-corrected chi connectivity index (χ0v) is 12.0. The number of rotatable bonds is 3. The zero-order valence-electron chi connectivity index (χ0n) is 12.0. The number of halogens is 1. The van der Waals surface area contributed by atoms with E-state index in [1.165, 1.54) is 12.1 Å². The highest BCUT2D eigenvalue weighted by atomic mass is 19.1. The van der Waals surface area contributed by atoms with E-state index < -0.39 is 0 Å². The Bertz CT molecular complexity index is 563. The van der Waals surface area contributed by atoms with Crippen molar-refractivity contribution < 1.29 is 9.13 Å². The van der Waals surface area contributed by atoms with E-state index in [2.05, 4.69) is 35.8 Å². The van der Waals surface area contributed by atoms with Gasteiger partial charge in [0.2, 0.25) is 0 Å². The second-order valence-electron chi connectivity index (χ2n) is 5.54. The second-order valence-corrected chi connectivity index (χ2v) is 5.54. The van der Waals surface area contributed by atoms with Gasteiger partial charge in [-0.1, -0.05) is 42.5 Å². The molecule has 2 aliphatic rings. The molecule has 1 aromatic carbocycles. The van der Waals surface area contributed by atoms with E-state index in [0.29, 0.717) is 6.61 Å². The lowest BCUT2D eigenvalue weighted by atomic mass is 9.88. The van der Waals surface area contributed by atoms with Gasteiger partial charge in [-0.15, -0.1) is 6.58 Å². The Morgan fingerprint density at radius 1 is 1.29 bits per heavy atom. The van der Waals surface area contributed by atoms with Crippen molar-refractivity contribution in [3.8, 4) is 0 Å². The number of allylic oxidation sites excluding steroid dienone is 2. The molecule has 1 aliphatic carbocycles. The van der Waals surface area contributed by atoms with Crippen LogP contribution >= 0.6 is 0 Å². The van der Waals surface area contributed by atoms with Gasteiger partial charge in [0.25, 0.3) is 0 Å². The molecule has 3 heteroatoms. The minimum Gasteiger partial charge on any atom is -0.371 e. The normalized spacial score (nSPS) is 29.5. The molecule has 21 heavy (non-hydrogen) atoms. The standard InChI is InChI=1S/C18H20FNO/c1-2-18(10-4-3-5-11-18)20-12-13-21-17(14-20)15-6-8-16(19)9-7-15/h2-10,17H,1,11-14H2/t17-,18+/m0/s1. The Kier molecular flexibility index (Phi) is 4.04. The summed E-state index contributed by atoms with van der Waals surface area (Å²) in [6, 6.07) is 6.59. The van der Waals surface area contributed by atoms with Gasteiger partial charge in [-0.3, -0.25) is 4.90 Å². The molecule has 1 aromatic rings. The molecular weight excluding hydrogens is 265 g/mol. The molecular formula is C18H20FNO. The number of morpholine rings is 1. The van der Waals surface area contributed by atoms with Crippen LogP contribution in [0.5, 0.6) is 0 Å². The summed E-state index contributed by atoms with van der Waals surface area (Å²) in [6.45, 7) is 6.36. The van der Waals surface area contributed by atoms with Crippen molar-refractivity contribution in [3.63, 3.8) is 0 Å². The van der Waals surface area contributed by atoms with Crippen molar-refractivity contribution in [1.29, 1.82) is 0 Å². The molecule has 3 rings (SSSR count). The van der Waals surface area contributed by atoms with Gasteiger partial charge in [0.05, 0.1) is 18.2 Å². The van der Waals surface area contributed by atoms with Crippen molar-refractivity contribution in [2.45, 2.75) is 18.1 Å². The number of hydrogen-bond donors (Lipinski definition) is 0. The molecule has 1 saturated heterocycles. The second kappa shape index (κ2) is 5.96. The van der Waals surface area contributed by atoms with Crippen molar-refractivity contribution in [3.05, 3.63) is 72.6 Å². The molecule has 0 aromatic heterocycles. The van der Waals surface area contributed by atoms with Crippen LogP contribution in [0.25, 0.3) is 0 Å². The minimum atomic E-state index is -0.214. The molecule has 2 atom stereocenters. The molecule has 0 N–H and O–H groups in total. The fraction of sp³-hybridized carbons (Fsp3) is 0.333. The van der Waals surface area contributed by atoms with Gasteiger partial charge < -0.3 is 4.74 Å². The van der Waals surface area contributed by atoms with Crippen molar-refractivity contribution in [1.82, 2.24) is 4.90 Å². The van der Waals surface area contributed by atoms with E-state index in [1.54, 1.807) is 12.1 Å². The number of nitrogens with zero attached hydrogens (tertiary/aromatic N) is 1. The molecule has 0 spiro atoms. The molecule has 0 amide bonds. The first-order valence-corrected chi connectivity index (χ1v) is 7.34. The average Bonchev–Trinajstić information content (AvgIpc) is 2.56. The highest BCUT2D eigenvalue weighted by Gasteiger charge is 2.35. The van der Waals surface area contributed by atoms with E-state index in [-0.39, 0.29) is 17.5 Å². The van der Waals surface area contributed by atoms with Crippen LogP contribution in [0.3, 0.4) is 0 Å². The van der Waals surface area contributed by atoms with Gasteiger partial charge >= 0.3 is 0 Å². The Balaban J connectivity index is 1.79. The van der Waals surface area contributed by atoms with Gasteiger partial charge in [-0.05, 0) is 24.1 Å². The Hall–Kier alpha value is -1.71. The Morgan fingerprint density at radius 3 is 2.76 bits per heavy atom. The van der Waals surface area contributed by atoms with Crippen molar-refractivity contribution in [2.75, 3.05) is 19.7 Å². The summed E-state index contributed by atoms with van der Waals surface area (Å²) in [4.78, 5) is 2.40. The average molecular weight is 285 g/mol. The maximum absolute atomic E-state index is 13.1. The van der Waals surface area contributed by atoms with Gasteiger partial charge in [-0.2, -0.15) is 0 Å². The van der Waals surface area contributed by atoms with Crippen molar-refractivity contribution >= 4 is 0 Å². The third-order valence-corrected chi connectivity index (χ3v) is 4.33. The fourth-order valence-corrected chi connectivity index (χ4v) is 3.05. The summed E-state index contributed by atoms with van der Waals surface area (Å²) in [6.07, 6.45) is 11.4. The molecule has 2 nitrogen and oxygen atoms in total. The highest BCUT2D eigenvalue weighted by molar-refractivity contribution is 5.28. The van der Waals surface area contributed by atoms with Gasteiger partial charge in [0, 0.05) is 13.1 Å². The third-order valence-electron chi connectivity index (χ3n) is 4.33. The van der Waals surface area contributed by atoms with Crippen LogP contribution in [0, 0.1) is 5.82 Å². The van der Waals surface area contributed by atoms with Crippen molar-refractivity contribution in [2.24, 2.45) is 0 Å².